The zero-order valence-corrected chi connectivity index (χ0v) is 16.3. The highest BCUT2D eigenvalue weighted by atomic mass is 35.5. The number of anilines is 2. The van der Waals surface area contributed by atoms with Crippen LogP contribution in [0.25, 0.3) is 0 Å². The standard InChI is InChI=1S/C20H20ClN3OS/c1-14(18-10-6-7-11-19(18)21)22-12-16-13-26-20(23-16)24(15(2)25)17-8-4-3-5-9-17/h3-11,13-14,22H,12H2,1-2H3/p+1/t14-/m0/s1. The molecule has 0 spiro atoms. The molecule has 1 atom stereocenters. The molecule has 1 aromatic heterocycles. The average molecular weight is 387 g/mol. The number of carbonyl (C=O) groups excluding carboxylic acids is 1. The summed E-state index contributed by atoms with van der Waals surface area (Å²) in [6, 6.07) is 17.7. The van der Waals surface area contributed by atoms with E-state index in [-0.39, 0.29) is 11.9 Å². The number of rotatable bonds is 6. The van der Waals surface area contributed by atoms with Crippen molar-refractivity contribution in [1.29, 1.82) is 0 Å². The Morgan fingerprint density at radius 2 is 1.88 bits per heavy atom. The van der Waals surface area contributed by atoms with Gasteiger partial charge < -0.3 is 5.32 Å². The monoisotopic (exact) mass is 386 g/mol. The van der Waals surface area contributed by atoms with Gasteiger partial charge in [-0.05, 0) is 25.1 Å². The SMILES string of the molecule is CC(=O)N(c1ccccc1)c1nc(C[NH2+][C@@H](C)c2ccccc2Cl)cs1. The van der Waals surface area contributed by atoms with Crippen LogP contribution in [0.3, 0.4) is 0 Å². The second-order valence-electron chi connectivity index (χ2n) is 6.06. The quantitative estimate of drug-likeness (QED) is 0.686. The minimum absolute atomic E-state index is 0.0504. The number of para-hydroxylation sites is 1. The molecule has 0 radical (unpaired) electrons. The van der Waals surface area contributed by atoms with E-state index in [4.69, 9.17) is 11.6 Å². The summed E-state index contributed by atoms with van der Waals surface area (Å²) in [5.41, 5.74) is 2.89. The van der Waals surface area contributed by atoms with Crippen LogP contribution in [0.1, 0.15) is 31.1 Å². The van der Waals surface area contributed by atoms with Crippen LogP contribution in [0.2, 0.25) is 5.02 Å². The lowest BCUT2D eigenvalue weighted by atomic mass is 10.1. The van der Waals surface area contributed by atoms with Crippen molar-refractivity contribution in [2.45, 2.75) is 26.4 Å². The van der Waals surface area contributed by atoms with Crippen molar-refractivity contribution < 1.29 is 10.1 Å². The Hall–Kier alpha value is -2.21. The minimum Gasteiger partial charge on any atom is -0.335 e. The van der Waals surface area contributed by atoms with Gasteiger partial charge in [0.2, 0.25) is 5.91 Å². The first-order chi connectivity index (χ1) is 12.6. The molecule has 26 heavy (non-hydrogen) atoms. The van der Waals surface area contributed by atoms with Crippen LogP contribution in [0, 0.1) is 0 Å². The Balaban J connectivity index is 1.71. The Morgan fingerprint density at radius 1 is 1.19 bits per heavy atom. The van der Waals surface area contributed by atoms with Crippen molar-refractivity contribution in [3.63, 3.8) is 0 Å². The van der Waals surface area contributed by atoms with Crippen LogP contribution in [-0.4, -0.2) is 10.9 Å². The molecule has 2 N–H and O–H groups in total. The van der Waals surface area contributed by atoms with Crippen LogP contribution in [0.15, 0.2) is 60.0 Å². The number of amides is 1. The van der Waals surface area contributed by atoms with Gasteiger partial charge in [-0.15, -0.1) is 11.3 Å². The molecule has 0 aliphatic rings. The van der Waals surface area contributed by atoms with Crippen molar-refractivity contribution in [2.24, 2.45) is 0 Å². The maximum atomic E-state index is 12.1. The van der Waals surface area contributed by atoms with Gasteiger partial charge >= 0.3 is 0 Å². The Bertz CT molecular complexity index is 882. The van der Waals surface area contributed by atoms with E-state index in [9.17, 15) is 4.79 Å². The number of hydrogen-bond acceptors (Lipinski definition) is 3. The summed E-state index contributed by atoms with van der Waals surface area (Å²) < 4.78 is 0. The first kappa shape index (κ1) is 18.6. The molecular weight excluding hydrogens is 366 g/mol. The fourth-order valence-electron chi connectivity index (χ4n) is 2.77. The second-order valence-corrected chi connectivity index (χ2v) is 7.31. The van der Waals surface area contributed by atoms with E-state index < -0.39 is 0 Å². The van der Waals surface area contributed by atoms with Crippen molar-refractivity contribution in [2.75, 3.05) is 4.90 Å². The number of thiazole rings is 1. The number of nitrogens with zero attached hydrogens (tertiary/aromatic N) is 2. The van der Waals surface area contributed by atoms with E-state index in [1.165, 1.54) is 11.3 Å². The van der Waals surface area contributed by atoms with E-state index in [0.717, 1.165) is 28.5 Å². The molecule has 2 aromatic carbocycles. The number of hydrogen-bond donors (Lipinski definition) is 1. The van der Waals surface area contributed by atoms with Gasteiger partial charge in [-0.3, -0.25) is 9.69 Å². The van der Waals surface area contributed by atoms with Gasteiger partial charge in [-0.25, -0.2) is 4.98 Å². The third kappa shape index (κ3) is 4.30. The zero-order valence-electron chi connectivity index (χ0n) is 14.7. The van der Waals surface area contributed by atoms with Gasteiger partial charge in [-0.2, -0.15) is 0 Å². The molecule has 0 saturated heterocycles. The molecule has 4 nitrogen and oxygen atoms in total. The summed E-state index contributed by atoms with van der Waals surface area (Å²) in [7, 11) is 0. The summed E-state index contributed by atoms with van der Waals surface area (Å²) in [6.07, 6.45) is 0. The lowest BCUT2D eigenvalue weighted by Gasteiger charge is -2.17. The maximum Gasteiger partial charge on any atom is 0.230 e. The molecule has 3 aromatic rings. The van der Waals surface area contributed by atoms with Crippen molar-refractivity contribution >= 4 is 39.7 Å². The average Bonchev–Trinajstić information content (AvgIpc) is 3.09. The molecule has 0 aliphatic carbocycles. The highest BCUT2D eigenvalue weighted by Crippen LogP contribution is 2.28. The van der Waals surface area contributed by atoms with Gasteiger partial charge in [-0.1, -0.05) is 48.0 Å². The van der Waals surface area contributed by atoms with E-state index in [1.54, 1.807) is 11.8 Å². The highest BCUT2D eigenvalue weighted by molar-refractivity contribution is 7.14. The summed E-state index contributed by atoms with van der Waals surface area (Å²) in [4.78, 5) is 18.4. The van der Waals surface area contributed by atoms with Gasteiger partial charge in [0.25, 0.3) is 0 Å². The lowest BCUT2D eigenvalue weighted by molar-refractivity contribution is -0.708. The Labute approximate surface area is 162 Å². The van der Waals surface area contributed by atoms with E-state index in [2.05, 4.69) is 17.2 Å². The third-order valence-electron chi connectivity index (χ3n) is 4.14. The van der Waals surface area contributed by atoms with Gasteiger partial charge in [0.1, 0.15) is 18.3 Å². The Kier molecular flexibility index (Phi) is 6.04. The number of quaternary nitrogens is 1. The van der Waals surface area contributed by atoms with Gasteiger partial charge in [0.05, 0.1) is 5.69 Å². The van der Waals surface area contributed by atoms with Gasteiger partial charge in [0.15, 0.2) is 5.13 Å². The number of benzene rings is 2. The van der Waals surface area contributed by atoms with Crippen LogP contribution in [-0.2, 0) is 11.3 Å². The first-order valence-electron chi connectivity index (χ1n) is 8.44. The molecule has 0 fully saturated rings. The van der Waals surface area contributed by atoms with E-state index in [1.807, 2.05) is 60.0 Å². The van der Waals surface area contributed by atoms with Crippen LogP contribution in [0.4, 0.5) is 10.8 Å². The summed E-state index contributed by atoms with van der Waals surface area (Å²) >= 11 is 7.75. The smallest absolute Gasteiger partial charge is 0.230 e. The highest BCUT2D eigenvalue weighted by Gasteiger charge is 2.19. The summed E-state index contributed by atoms with van der Waals surface area (Å²) in [5, 5.41) is 5.67. The molecule has 0 saturated carbocycles. The van der Waals surface area contributed by atoms with Crippen LogP contribution >= 0.6 is 22.9 Å². The van der Waals surface area contributed by atoms with Crippen molar-refractivity contribution in [3.05, 3.63) is 76.3 Å². The van der Waals surface area contributed by atoms with E-state index >= 15 is 0 Å². The predicted octanol–water partition coefficient (Wildman–Crippen LogP) is 4.31. The number of carbonyl (C=O) groups is 1. The molecular formula is C20H21ClN3OS+. The van der Waals surface area contributed by atoms with Gasteiger partial charge in [0, 0.05) is 22.9 Å². The van der Waals surface area contributed by atoms with Crippen molar-refractivity contribution in [1.82, 2.24) is 4.98 Å². The zero-order chi connectivity index (χ0) is 18.5. The second kappa shape index (κ2) is 8.45. The number of nitrogens with two attached hydrogens (primary N) is 1. The normalized spacial score (nSPS) is 12.0. The molecule has 134 valence electrons. The fraction of sp³-hybridized carbons (Fsp3) is 0.200. The molecule has 0 bridgehead atoms. The van der Waals surface area contributed by atoms with Crippen LogP contribution in [0.5, 0.6) is 0 Å². The largest absolute Gasteiger partial charge is 0.335 e. The minimum atomic E-state index is -0.0504. The molecule has 1 amide bonds. The number of halogens is 1. The third-order valence-corrected chi connectivity index (χ3v) is 5.36. The fourth-order valence-corrected chi connectivity index (χ4v) is 3.97. The summed E-state index contributed by atoms with van der Waals surface area (Å²) in [6.45, 7) is 4.41. The van der Waals surface area contributed by atoms with Crippen LogP contribution < -0.4 is 10.2 Å². The molecule has 1 heterocycles. The predicted molar refractivity (Wildman–Crippen MR) is 107 cm³/mol. The lowest BCUT2D eigenvalue weighted by Crippen LogP contribution is -2.83. The topological polar surface area (TPSA) is 49.8 Å². The molecule has 6 heteroatoms. The maximum absolute atomic E-state index is 12.1. The molecule has 0 aliphatic heterocycles. The summed E-state index contributed by atoms with van der Waals surface area (Å²) in [5.74, 6) is -0.0504. The van der Waals surface area contributed by atoms with Crippen molar-refractivity contribution in [3.8, 4) is 0 Å². The molecule has 3 rings (SSSR count). The van der Waals surface area contributed by atoms with E-state index in [0.29, 0.717) is 5.13 Å². The molecule has 0 unspecified atom stereocenters. The number of aromatic nitrogens is 1. The first-order valence-corrected chi connectivity index (χ1v) is 9.70. The Morgan fingerprint density at radius 3 is 2.58 bits per heavy atom.